The van der Waals surface area contributed by atoms with Crippen molar-refractivity contribution >= 4 is 17.5 Å². The lowest BCUT2D eigenvalue weighted by Crippen LogP contribution is -2.50. The second kappa shape index (κ2) is 8.67. The third kappa shape index (κ3) is 6.13. The van der Waals surface area contributed by atoms with Gasteiger partial charge in [0.1, 0.15) is 0 Å². The fourth-order valence-corrected chi connectivity index (χ4v) is 2.88. The van der Waals surface area contributed by atoms with Crippen LogP contribution in [0.3, 0.4) is 0 Å². The van der Waals surface area contributed by atoms with Crippen molar-refractivity contribution in [3.63, 3.8) is 0 Å². The number of rotatable bonds is 6. The fourth-order valence-electron chi connectivity index (χ4n) is 2.67. The average molecular weight is 338 g/mol. The minimum Gasteiger partial charge on any atom is -0.352 e. The van der Waals surface area contributed by atoms with Crippen LogP contribution < -0.4 is 5.32 Å². The van der Waals surface area contributed by atoms with E-state index in [0.717, 1.165) is 37.7 Å². The van der Waals surface area contributed by atoms with E-state index < -0.39 is 0 Å². The molecule has 23 heavy (non-hydrogen) atoms. The summed E-state index contributed by atoms with van der Waals surface area (Å²) in [7, 11) is 0. The number of benzene rings is 1. The first-order valence-corrected chi connectivity index (χ1v) is 8.80. The van der Waals surface area contributed by atoms with Gasteiger partial charge in [-0.1, -0.05) is 37.6 Å². The van der Waals surface area contributed by atoms with Crippen molar-refractivity contribution in [1.29, 1.82) is 0 Å². The van der Waals surface area contributed by atoms with Gasteiger partial charge in [-0.3, -0.25) is 14.6 Å². The third-order valence-electron chi connectivity index (χ3n) is 4.52. The Balaban J connectivity index is 1.72. The van der Waals surface area contributed by atoms with Crippen LogP contribution in [-0.4, -0.2) is 54.5 Å². The van der Waals surface area contributed by atoms with Crippen molar-refractivity contribution in [1.82, 2.24) is 15.1 Å². The molecule has 0 saturated carbocycles. The molecule has 0 radical (unpaired) electrons. The largest absolute Gasteiger partial charge is 0.352 e. The molecule has 1 amide bonds. The summed E-state index contributed by atoms with van der Waals surface area (Å²) >= 11 is 6.04. The summed E-state index contributed by atoms with van der Waals surface area (Å²) in [5, 5.41) is 3.86. The Morgan fingerprint density at radius 1 is 1.17 bits per heavy atom. The van der Waals surface area contributed by atoms with Crippen LogP contribution in [0.15, 0.2) is 24.3 Å². The Kier molecular flexibility index (Phi) is 6.88. The van der Waals surface area contributed by atoms with Crippen LogP contribution in [0.4, 0.5) is 0 Å². The number of nitrogens with zero attached hydrogens (tertiary/aromatic N) is 2. The monoisotopic (exact) mass is 337 g/mol. The summed E-state index contributed by atoms with van der Waals surface area (Å²) in [4.78, 5) is 16.7. The number of nitrogens with one attached hydrogen (secondary N) is 1. The van der Waals surface area contributed by atoms with Crippen molar-refractivity contribution in [2.24, 2.45) is 5.92 Å². The molecule has 1 aliphatic rings. The summed E-state index contributed by atoms with van der Waals surface area (Å²) in [6, 6.07) is 8.26. The van der Waals surface area contributed by atoms with Gasteiger partial charge in [-0.25, -0.2) is 0 Å². The highest BCUT2D eigenvalue weighted by Crippen LogP contribution is 2.14. The molecule has 1 aromatic carbocycles. The van der Waals surface area contributed by atoms with E-state index in [1.54, 1.807) is 0 Å². The molecule has 1 heterocycles. The molecule has 1 aromatic rings. The predicted molar refractivity (Wildman–Crippen MR) is 95.6 cm³/mol. The average Bonchev–Trinajstić information content (AvgIpc) is 2.49. The van der Waals surface area contributed by atoms with Crippen LogP contribution in [0.5, 0.6) is 0 Å². The van der Waals surface area contributed by atoms with E-state index in [-0.39, 0.29) is 11.9 Å². The van der Waals surface area contributed by atoms with Gasteiger partial charge >= 0.3 is 0 Å². The van der Waals surface area contributed by atoms with Crippen molar-refractivity contribution < 1.29 is 4.79 Å². The quantitative estimate of drug-likeness (QED) is 0.866. The zero-order valence-corrected chi connectivity index (χ0v) is 15.1. The standard InChI is InChI=1S/C18H28ClN3O/c1-14(2)15(3)20-18(23)13-22-9-7-21(8-10-22)12-16-5-4-6-17(19)11-16/h4-6,11,14-15H,7-10,12-13H2,1-3H3,(H,20,23). The zero-order chi connectivity index (χ0) is 16.8. The Hall–Kier alpha value is -1.10. The number of hydrogen-bond acceptors (Lipinski definition) is 3. The summed E-state index contributed by atoms with van der Waals surface area (Å²) in [6.07, 6.45) is 0. The highest BCUT2D eigenvalue weighted by Gasteiger charge is 2.20. The lowest BCUT2D eigenvalue weighted by Gasteiger charge is -2.34. The molecule has 128 valence electrons. The molecule has 1 N–H and O–H groups in total. The van der Waals surface area contributed by atoms with E-state index >= 15 is 0 Å². The first-order chi connectivity index (χ1) is 10.9. The Bertz CT molecular complexity index is 513. The Morgan fingerprint density at radius 3 is 2.43 bits per heavy atom. The maximum atomic E-state index is 12.1. The van der Waals surface area contributed by atoms with Gasteiger partial charge in [-0.15, -0.1) is 0 Å². The fraction of sp³-hybridized carbons (Fsp3) is 0.611. The summed E-state index contributed by atoms with van der Waals surface area (Å²) in [5.41, 5.74) is 1.24. The molecule has 1 saturated heterocycles. The maximum Gasteiger partial charge on any atom is 0.234 e. The first kappa shape index (κ1) is 18.2. The van der Waals surface area contributed by atoms with Gasteiger partial charge in [0, 0.05) is 43.8 Å². The Labute approximate surface area is 144 Å². The normalized spacial score (nSPS) is 18.1. The van der Waals surface area contributed by atoms with E-state index in [4.69, 9.17) is 11.6 Å². The molecule has 0 spiro atoms. The highest BCUT2D eigenvalue weighted by molar-refractivity contribution is 6.30. The molecule has 1 unspecified atom stereocenters. The lowest BCUT2D eigenvalue weighted by molar-refractivity contribution is -0.123. The molecule has 1 atom stereocenters. The second-order valence-corrected chi connectivity index (χ2v) is 7.22. The number of carbonyl (C=O) groups is 1. The van der Waals surface area contributed by atoms with Crippen molar-refractivity contribution in [3.05, 3.63) is 34.9 Å². The molecule has 1 aliphatic heterocycles. The van der Waals surface area contributed by atoms with Crippen LogP contribution in [0, 0.1) is 5.92 Å². The topological polar surface area (TPSA) is 35.6 Å². The van der Waals surface area contributed by atoms with Crippen molar-refractivity contribution in [3.8, 4) is 0 Å². The molecular formula is C18H28ClN3O. The van der Waals surface area contributed by atoms with Crippen LogP contribution in [0.25, 0.3) is 0 Å². The van der Waals surface area contributed by atoms with Crippen LogP contribution in [0.1, 0.15) is 26.3 Å². The molecule has 4 nitrogen and oxygen atoms in total. The smallest absolute Gasteiger partial charge is 0.234 e. The van der Waals surface area contributed by atoms with E-state index in [9.17, 15) is 4.79 Å². The van der Waals surface area contributed by atoms with Gasteiger partial charge in [0.05, 0.1) is 6.54 Å². The van der Waals surface area contributed by atoms with Crippen molar-refractivity contribution in [2.75, 3.05) is 32.7 Å². The second-order valence-electron chi connectivity index (χ2n) is 6.78. The first-order valence-electron chi connectivity index (χ1n) is 8.42. The van der Waals surface area contributed by atoms with E-state index in [0.29, 0.717) is 12.5 Å². The molecule has 0 aliphatic carbocycles. The minimum absolute atomic E-state index is 0.134. The van der Waals surface area contributed by atoms with E-state index in [1.165, 1.54) is 5.56 Å². The van der Waals surface area contributed by atoms with Gasteiger partial charge in [-0.05, 0) is 30.5 Å². The summed E-state index contributed by atoms with van der Waals surface area (Å²) in [6.45, 7) is 11.6. The maximum absolute atomic E-state index is 12.1. The SMILES string of the molecule is CC(C)C(C)NC(=O)CN1CCN(Cc2cccc(Cl)c2)CC1. The molecular weight excluding hydrogens is 310 g/mol. The van der Waals surface area contributed by atoms with E-state index in [2.05, 4.69) is 42.0 Å². The van der Waals surface area contributed by atoms with Crippen molar-refractivity contribution in [2.45, 2.75) is 33.4 Å². The van der Waals surface area contributed by atoms with Gasteiger partial charge in [0.15, 0.2) is 0 Å². The van der Waals surface area contributed by atoms with Gasteiger partial charge < -0.3 is 5.32 Å². The predicted octanol–water partition coefficient (Wildman–Crippen LogP) is 2.62. The summed E-state index contributed by atoms with van der Waals surface area (Å²) < 4.78 is 0. The third-order valence-corrected chi connectivity index (χ3v) is 4.75. The molecule has 5 heteroatoms. The van der Waals surface area contributed by atoms with Gasteiger partial charge in [0.25, 0.3) is 0 Å². The van der Waals surface area contributed by atoms with Gasteiger partial charge in [0.2, 0.25) is 5.91 Å². The molecule has 0 bridgehead atoms. The number of amides is 1. The lowest BCUT2D eigenvalue weighted by atomic mass is 10.1. The Morgan fingerprint density at radius 2 is 1.83 bits per heavy atom. The van der Waals surface area contributed by atoms with Crippen LogP contribution in [-0.2, 0) is 11.3 Å². The van der Waals surface area contributed by atoms with Crippen LogP contribution in [0.2, 0.25) is 5.02 Å². The minimum atomic E-state index is 0.134. The summed E-state index contributed by atoms with van der Waals surface area (Å²) in [5.74, 6) is 0.600. The molecule has 2 rings (SSSR count). The number of carbonyl (C=O) groups excluding carboxylic acids is 1. The van der Waals surface area contributed by atoms with Crippen LogP contribution >= 0.6 is 11.6 Å². The number of halogens is 1. The number of hydrogen-bond donors (Lipinski definition) is 1. The molecule has 0 aromatic heterocycles. The van der Waals surface area contributed by atoms with Gasteiger partial charge in [-0.2, -0.15) is 0 Å². The number of piperazine rings is 1. The highest BCUT2D eigenvalue weighted by atomic mass is 35.5. The van der Waals surface area contributed by atoms with E-state index in [1.807, 2.05) is 18.2 Å². The molecule has 1 fully saturated rings. The zero-order valence-electron chi connectivity index (χ0n) is 14.4.